The van der Waals surface area contributed by atoms with Crippen LogP contribution in [0.5, 0.6) is 0 Å². The van der Waals surface area contributed by atoms with Gasteiger partial charge in [-0.25, -0.2) is 0 Å². The highest BCUT2D eigenvalue weighted by atomic mass is 79.9. The Labute approximate surface area is 117 Å². The van der Waals surface area contributed by atoms with Gasteiger partial charge in [0.25, 0.3) is 0 Å². The summed E-state index contributed by atoms with van der Waals surface area (Å²) < 4.78 is 1.19. The summed E-state index contributed by atoms with van der Waals surface area (Å²) in [7, 11) is 0. The standard InChI is InChI=1S/C13H20BrClS/c1-4-6-10(7-5-2)12(15)13-11(14)8-9(3)16-13/h8,10,12H,4-7H2,1-3H3. The van der Waals surface area contributed by atoms with Gasteiger partial charge in [0, 0.05) is 14.2 Å². The van der Waals surface area contributed by atoms with Gasteiger partial charge in [-0.3, -0.25) is 0 Å². The molecule has 1 unspecified atom stereocenters. The van der Waals surface area contributed by atoms with Gasteiger partial charge >= 0.3 is 0 Å². The molecule has 0 radical (unpaired) electrons. The molecule has 0 amide bonds. The van der Waals surface area contributed by atoms with Gasteiger partial charge in [0.05, 0.1) is 5.38 Å². The molecule has 0 aliphatic rings. The SMILES string of the molecule is CCCC(CCC)C(Cl)c1sc(C)cc1Br. The van der Waals surface area contributed by atoms with Crippen molar-refractivity contribution >= 4 is 38.9 Å². The molecule has 1 atom stereocenters. The number of aryl methyl sites for hydroxylation is 1. The van der Waals surface area contributed by atoms with Crippen molar-refractivity contribution in [3.63, 3.8) is 0 Å². The molecule has 0 fully saturated rings. The number of thiophene rings is 1. The summed E-state index contributed by atoms with van der Waals surface area (Å²) in [6, 6.07) is 2.17. The van der Waals surface area contributed by atoms with Crippen LogP contribution in [-0.2, 0) is 0 Å². The molecular formula is C13H20BrClS. The van der Waals surface area contributed by atoms with Gasteiger partial charge in [-0.1, -0.05) is 26.7 Å². The van der Waals surface area contributed by atoms with Crippen molar-refractivity contribution in [3.8, 4) is 0 Å². The first-order valence-electron chi connectivity index (χ1n) is 6.00. The van der Waals surface area contributed by atoms with Crippen LogP contribution in [0.2, 0.25) is 0 Å². The molecule has 1 heterocycles. The van der Waals surface area contributed by atoms with Crippen LogP contribution in [0.4, 0.5) is 0 Å². The highest BCUT2D eigenvalue weighted by Crippen LogP contribution is 2.42. The Bertz CT molecular complexity index is 316. The van der Waals surface area contributed by atoms with Crippen LogP contribution >= 0.6 is 38.9 Å². The summed E-state index contributed by atoms with van der Waals surface area (Å²) in [5, 5.41) is 0.174. The van der Waals surface area contributed by atoms with E-state index in [0.29, 0.717) is 5.92 Å². The molecule has 16 heavy (non-hydrogen) atoms. The maximum atomic E-state index is 6.63. The van der Waals surface area contributed by atoms with Crippen LogP contribution in [0.15, 0.2) is 10.5 Å². The van der Waals surface area contributed by atoms with Gasteiger partial charge in [-0.2, -0.15) is 0 Å². The molecule has 0 spiro atoms. The van der Waals surface area contributed by atoms with Crippen LogP contribution in [0, 0.1) is 12.8 Å². The van der Waals surface area contributed by atoms with Crippen LogP contribution in [0.3, 0.4) is 0 Å². The molecule has 92 valence electrons. The lowest BCUT2D eigenvalue weighted by molar-refractivity contribution is 0.428. The van der Waals surface area contributed by atoms with E-state index in [0.717, 1.165) is 0 Å². The Morgan fingerprint density at radius 2 is 1.88 bits per heavy atom. The normalized spacial score (nSPS) is 13.4. The Morgan fingerprint density at radius 1 is 1.31 bits per heavy atom. The first kappa shape index (κ1) is 14.5. The molecule has 1 aromatic heterocycles. The van der Waals surface area contributed by atoms with Crippen LogP contribution in [0.25, 0.3) is 0 Å². The van der Waals surface area contributed by atoms with Crippen LogP contribution < -0.4 is 0 Å². The predicted molar refractivity (Wildman–Crippen MR) is 78.7 cm³/mol. The lowest BCUT2D eigenvalue weighted by Crippen LogP contribution is -2.07. The van der Waals surface area contributed by atoms with E-state index in [1.54, 1.807) is 0 Å². The number of hydrogen-bond acceptors (Lipinski definition) is 1. The molecule has 0 nitrogen and oxygen atoms in total. The lowest BCUT2D eigenvalue weighted by Gasteiger charge is -2.20. The van der Waals surface area contributed by atoms with Crippen molar-refractivity contribution in [3.05, 3.63) is 20.3 Å². The number of alkyl halides is 1. The molecule has 3 heteroatoms. The molecule has 1 rings (SSSR count). The fourth-order valence-electron chi connectivity index (χ4n) is 2.08. The lowest BCUT2D eigenvalue weighted by atomic mass is 9.94. The monoisotopic (exact) mass is 322 g/mol. The van der Waals surface area contributed by atoms with Crippen molar-refractivity contribution in [1.82, 2.24) is 0 Å². The maximum absolute atomic E-state index is 6.63. The molecule has 0 saturated carbocycles. The van der Waals surface area contributed by atoms with Gasteiger partial charge in [0.2, 0.25) is 0 Å². The van der Waals surface area contributed by atoms with E-state index in [1.165, 1.54) is 39.9 Å². The average molecular weight is 324 g/mol. The van der Waals surface area contributed by atoms with Crippen LogP contribution in [-0.4, -0.2) is 0 Å². The summed E-state index contributed by atoms with van der Waals surface area (Å²) >= 11 is 12.1. The number of halogens is 2. The zero-order valence-corrected chi connectivity index (χ0v) is 13.4. The molecule has 0 aliphatic carbocycles. The Morgan fingerprint density at radius 3 is 2.25 bits per heavy atom. The number of hydrogen-bond donors (Lipinski definition) is 0. The summed E-state index contributed by atoms with van der Waals surface area (Å²) in [6.07, 6.45) is 4.89. The largest absolute Gasteiger partial charge is 0.143 e. The number of rotatable bonds is 6. The third-order valence-electron chi connectivity index (χ3n) is 2.82. The highest BCUT2D eigenvalue weighted by molar-refractivity contribution is 9.10. The third kappa shape index (κ3) is 3.75. The molecule has 0 N–H and O–H groups in total. The van der Waals surface area contributed by atoms with Crippen molar-refractivity contribution in [2.45, 2.75) is 51.8 Å². The van der Waals surface area contributed by atoms with Crippen molar-refractivity contribution < 1.29 is 0 Å². The van der Waals surface area contributed by atoms with E-state index in [9.17, 15) is 0 Å². The van der Waals surface area contributed by atoms with E-state index in [-0.39, 0.29) is 5.38 Å². The van der Waals surface area contributed by atoms with Crippen LogP contribution in [0.1, 0.15) is 54.7 Å². The minimum absolute atomic E-state index is 0.174. The molecule has 0 saturated heterocycles. The third-order valence-corrected chi connectivity index (χ3v) is 5.58. The summed E-state index contributed by atoms with van der Waals surface area (Å²) in [5.74, 6) is 0.617. The summed E-state index contributed by atoms with van der Waals surface area (Å²) in [4.78, 5) is 2.64. The molecule has 0 bridgehead atoms. The van der Waals surface area contributed by atoms with Crippen molar-refractivity contribution in [1.29, 1.82) is 0 Å². The van der Waals surface area contributed by atoms with Gasteiger partial charge in [-0.15, -0.1) is 22.9 Å². The maximum Gasteiger partial charge on any atom is 0.0718 e. The van der Waals surface area contributed by atoms with Crippen molar-refractivity contribution in [2.75, 3.05) is 0 Å². The second-order valence-electron chi connectivity index (χ2n) is 4.31. The highest BCUT2D eigenvalue weighted by Gasteiger charge is 2.23. The van der Waals surface area contributed by atoms with E-state index in [2.05, 4.69) is 42.8 Å². The van der Waals surface area contributed by atoms with E-state index < -0.39 is 0 Å². The Hall–Kier alpha value is 0.470. The smallest absolute Gasteiger partial charge is 0.0718 e. The minimum atomic E-state index is 0.174. The Kier molecular flexibility index (Phi) is 6.38. The van der Waals surface area contributed by atoms with Crippen molar-refractivity contribution in [2.24, 2.45) is 5.92 Å². The molecule has 0 aromatic carbocycles. The molecular weight excluding hydrogens is 304 g/mol. The van der Waals surface area contributed by atoms with Gasteiger partial charge in [0.15, 0.2) is 0 Å². The summed E-state index contributed by atoms with van der Waals surface area (Å²) in [5.41, 5.74) is 0. The first-order chi connectivity index (χ1) is 7.60. The van der Waals surface area contributed by atoms with E-state index in [4.69, 9.17) is 11.6 Å². The fourth-order valence-corrected chi connectivity index (χ4v) is 4.69. The average Bonchev–Trinajstić information content (AvgIpc) is 2.56. The zero-order chi connectivity index (χ0) is 12.1. The predicted octanol–water partition coefficient (Wildman–Crippen LogP) is 6.32. The van der Waals surface area contributed by atoms with Gasteiger partial charge < -0.3 is 0 Å². The topological polar surface area (TPSA) is 0 Å². The van der Waals surface area contributed by atoms with E-state index in [1.807, 2.05) is 11.3 Å². The molecule has 0 aliphatic heterocycles. The van der Waals surface area contributed by atoms with Gasteiger partial charge in [-0.05, 0) is 47.7 Å². The zero-order valence-electron chi connectivity index (χ0n) is 10.2. The Balaban J connectivity index is 2.80. The second-order valence-corrected chi connectivity index (χ2v) is 6.92. The minimum Gasteiger partial charge on any atom is -0.143 e. The van der Waals surface area contributed by atoms with Gasteiger partial charge in [0.1, 0.15) is 0 Å². The quantitative estimate of drug-likeness (QED) is 0.538. The van der Waals surface area contributed by atoms with E-state index >= 15 is 0 Å². The first-order valence-corrected chi connectivity index (χ1v) is 8.04. The fraction of sp³-hybridized carbons (Fsp3) is 0.692. The second kappa shape index (κ2) is 7.03. The summed E-state index contributed by atoms with van der Waals surface area (Å²) in [6.45, 7) is 6.61. The molecule has 1 aromatic rings.